The molecule has 0 aliphatic carbocycles. The molecular formula is C32H26O2S2. The third-order valence-electron chi connectivity index (χ3n) is 6.44. The molecule has 5 aromatic rings. The molecule has 2 nitrogen and oxygen atoms in total. The molecule has 0 N–H and O–H groups in total. The molecule has 4 heteroatoms. The standard InChI is InChI=1S/C32H26O2S2/c1-21(33)23-11-15-25(16-12-23)35-19-31-27-7-3-5-9-29(27)32(30-10-6-4-8-28(30)31)20-36-26-17-13-24(14-18-26)22(2)34/h3-18H,19-20H2,1-2H3. The maximum absolute atomic E-state index is 11.6. The van der Waals surface area contributed by atoms with Crippen molar-refractivity contribution < 1.29 is 9.59 Å². The summed E-state index contributed by atoms with van der Waals surface area (Å²) in [6, 6.07) is 33.1. The van der Waals surface area contributed by atoms with Crippen molar-refractivity contribution in [3.8, 4) is 0 Å². The molecule has 0 amide bonds. The number of fused-ring (bicyclic) bond motifs is 2. The van der Waals surface area contributed by atoms with E-state index in [1.165, 1.54) is 32.7 Å². The molecule has 0 aliphatic heterocycles. The zero-order valence-corrected chi connectivity index (χ0v) is 21.9. The fraction of sp³-hybridized carbons (Fsp3) is 0.125. The summed E-state index contributed by atoms with van der Waals surface area (Å²) < 4.78 is 0. The van der Waals surface area contributed by atoms with Crippen LogP contribution in [0.15, 0.2) is 107 Å². The first-order chi connectivity index (χ1) is 17.5. The zero-order valence-electron chi connectivity index (χ0n) is 20.3. The fourth-order valence-electron chi connectivity index (χ4n) is 4.50. The summed E-state index contributed by atoms with van der Waals surface area (Å²) in [5, 5.41) is 5.14. The Bertz CT molecular complexity index is 1390. The maximum atomic E-state index is 11.6. The summed E-state index contributed by atoms with van der Waals surface area (Å²) in [5.74, 6) is 1.87. The second-order valence-corrected chi connectivity index (χ2v) is 10.9. The van der Waals surface area contributed by atoms with E-state index >= 15 is 0 Å². The van der Waals surface area contributed by atoms with E-state index in [0.29, 0.717) is 0 Å². The van der Waals surface area contributed by atoms with E-state index in [1.54, 1.807) is 37.4 Å². The van der Waals surface area contributed by atoms with Crippen LogP contribution in [0.4, 0.5) is 0 Å². The van der Waals surface area contributed by atoms with E-state index in [1.807, 2.05) is 48.5 Å². The Morgan fingerprint density at radius 2 is 0.806 bits per heavy atom. The lowest BCUT2D eigenvalue weighted by molar-refractivity contribution is 0.100. The van der Waals surface area contributed by atoms with Gasteiger partial charge in [0.15, 0.2) is 11.6 Å². The number of carbonyl (C=O) groups excluding carboxylic acids is 2. The Hall–Kier alpha value is -3.34. The van der Waals surface area contributed by atoms with E-state index in [9.17, 15) is 9.59 Å². The van der Waals surface area contributed by atoms with E-state index in [2.05, 4.69) is 48.5 Å². The minimum atomic E-state index is 0.0896. The molecule has 0 fully saturated rings. The van der Waals surface area contributed by atoms with Gasteiger partial charge in [0.25, 0.3) is 0 Å². The number of hydrogen-bond acceptors (Lipinski definition) is 4. The number of benzene rings is 5. The summed E-state index contributed by atoms with van der Waals surface area (Å²) >= 11 is 3.60. The van der Waals surface area contributed by atoms with Crippen molar-refractivity contribution in [1.82, 2.24) is 0 Å². The van der Waals surface area contributed by atoms with Crippen molar-refractivity contribution >= 4 is 56.6 Å². The molecule has 0 aromatic heterocycles. The third-order valence-corrected chi connectivity index (χ3v) is 8.52. The van der Waals surface area contributed by atoms with Gasteiger partial charge in [-0.3, -0.25) is 9.59 Å². The first kappa shape index (κ1) is 24.4. The first-order valence-corrected chi connectivity index (χ1v) is 13.9. The quantitative estimate of drug-likeness (QED) is 0.119. The van der Waals surface area contributed by atoms with Gasteiger partial charge in [0.05, 0.1) is 0 Å². The van der Waals surface area contributed by atoms with Crippen LogP contribution in [-0.4, -0.2) is 11.6 Å². The van der Waals surface area contributed by atoms with Gasteiger partial charge < -0.3 is 0 Å². The molecule has 178 valence electrons. The van der Waals surface area contributed by atoms with Crippen LogP contribution in [0.2, 0.25) is 0 Å². The van der Waals surface area contributed by atoms with Crippen LogP contribution in [0.3, 0.4) is 0 Å². The lowest BCUT2D eigenvalue weighted by Gasteiger charge is -2.17. The van der Waals surface area contributed by atoms with Gasteiger partial charge >= 0.3 is 0 Å². The second-order valence-electron chi connectivity index (χ2n) is 8.79. The number of ketones is 2. The van der Waals surface area contributed by atoms with Gasteiger partial charge in [0.2, 0.25) is 0 Å². The van der Waals surface area contributed by atoms with Gasteiger partial charge in [0.1, 0.15) is 0 Å². The van der Waals surface area contributed by atoms with E-state index in [0.717, 1.165) is 32.4 Å². The number of carbonyl (C=O) groups is 2. The lowest BCUT2D eigenvalue weighted by atomic mass is 9.93. The summed E-state index contributed by atoms with van der Waals surface area (Å²) in [4.78, 5) is 25.6. The number of hydrogen-bond donors (Lipinski definition) is 0. The second kappa shape index (κ2) is 10.7. The highest BCUT2D eigenvalue weighted by atomic mass is 32.2. The highest BCUT2D eigenvalue weighted by Gasteiger charge is 2.14. The predicted molar refractivity (Wildman–Crippen MR) is 153 cm³/mol. The highest BCUT2D eigenvalue weighted by molar-refractivity contribution is 7.98. The topological polar surface area (TPSA) is 34.1 Å². The molecule has 0 aliphatic rings. The summed E-state index contributed by atoms with van der Waals surface area (Å²) in [7, 11) is 0. The van der Waals surface area contributed by atoms with Crippen LogP contribution in [0, 0.1) is 0 Å². The van der Waals surface area contributed by atoms with E-state index in [-0.39, 0.29) is 11.6 Å². The lowest BCUT2D eigenvalue weighted by Crippen LogP contribution is -1.95. The number of rotatable bonds is 8. The molecule has 0 spiro atoms. The van der Waals surface area contributed by atoms with Gasteiger partial charge in [-0.2, -0.15) is 0 Å². The van der Waals surface area contributed by atoms with Gasteiger partial charge in [-0.05, 0) is 70.8 Å². The molecule has 0 bridgehead atoms. The Morgan fingerprint density at radius 1 is 0.500 bits per heavy atom. The minimum Gasteiger partial charge on any atom is -0.295 e. The van der Waals surface area contributed by atoms with Crippen molar-refractivity contribution in [3.63, 3.8) is 0 Å². The first-order valence-electron chi connectivity index (χ1n) is 11.9. The summed E-state index contributed by atoms with van der Waals surface area (Å²) in [6.07, 6.45) is 0. The number of thioether (sulfide) groups is 2. The van der Waals surface area contributed by atoms with Crippen molar-refractivity contribution in [1.29, 1.82) is 0 Å². The van der Waals surface area contributed by atoms with E-state index in [4.69, 9.17) is 0 Å². The largest absolute Gasteiger partial charge is 0.295 e. The van der Waals surface area contributed by atoms with Crippen molar-refractivity contribution in [2.75, 3.05) is 0 Å². The van der Waals surface area contributed by atoms with Crippen LogP contribution in [-0.2, 0) is 11.5 Å². The minimum absolute atomic E-state index is 0.0896. The number of Topliss-reactive ketones (excluding diaryl/α,β-unsaturated/α-hetero) is 2. The monoisotopic (exact) mass is 506 g/mol. The van der Waals surface area contributed by atoms with Crippen LogP contribution in [0.25, 0.3) is 21.5 Å². The molecule has 36 heavy (non-hydrogen) atoms. The van der Waals surface area contributed by atoms with Crippen LogP contribution in [0.5, 0.6) is 0 Å². The molecule has 5 aromatic carbocycles. The Morgan fingerprint density at radius 3 is 1.08 bits per heavy atom. The molecular weight excluding hydrogens is 480 g/mol. The smallest absolute Gasteiger partial charge is 0.159 e. The van der Waals surface area contributed by atoms with Gasteiger partial charge in [-0.15, -0.1) is 23.5 Å². The molecule has 0 radical (unpaired) electrons. The average Bonchev–Trinajstić information content (AvgIpc) is 2.91. The third kappa shape index (κ3) is 5.11. The Balaban J connectivity index is 1.50. The molecule has 0 saturated carbocycles. The average molecular weight is 507 g/mol. The highest BCUT2D eigenvalue weighted by Crippen LogP contribution is 2.39. The Kier molecular flexibility index (Phi) is 7.26. The van der Waals surface area contributed by atoms with Crippen molar-refractivity contribution in [3.05, 3.63) is 119 Å². The fourth-order valence-corrected chi connectivity index (χ4v) is 6.40. The van der Waals surface area contributed by atoms with Gasteiger partial charge in [-0.1, -0.05) is 72.8 Å². The molecule has 0 unspecified atom stereocenters. The SMILES string of the molecule is CC(=O)c1ccc(SCc2c3ccccc3c(CSc3ccc(C(C)=O)cc3)c3ccccc23)cc1. The zero-order chi connectivity index (χ0) is 25.1. The van der Waals surface area contributed by atoms with Crippen molar-refractivity contribution in [2.45, 2.75) is 35.1 Å². The normalized spacial score (nSPS) is 11.2. The van der Waals surface area contributed by atoms with E-state index < -0.39 is 0 Å². The van der Waals surface area contributed by atoms with Crippen LogP contribution >= 0.6 is 23.5 Å². The molecule has 0 atom stereocenters. The summed E-state index contributed by atoms with van der Waals surface area (Å²) in [6.45, 7) is 3.20. The van der Waals surface area contributed by atoms with Crippen LogP contribution in [0.1, 0.15) is 45.7 Å². The molecule has 0 heterocycles. The maximum Gasteiger partial charge on any atom is 0.159 e. The van der Waals surface area contributed by atoms with Crippen molar-refractivity contribution in [2.24, 2.45) is 0 Å². The van der Waals surface area contributed by atoms with Crippen LogP contribution < -0.4 is 0 Å². The Labute approximate surface area is 220 Å². The predicted octanol–water partition coefficient (Wildman–Crippen LogP) is 8.98. The summed E-state index contributed by atoms with van der Waals surface area (Å²) in [5.41, 5.74) is 4.16. The van der Waals surface area contributed by atoms with Gasteiger partial charge in [0, 0.05) is 32.4 Å². The molecule has 5 rings (SSSR count). The molecule has 0 saturated heterocycles. The van der Waals surface area contributed by atoms with Gasteiger partial charge in [-0.25, -0.2) is 0 Å².